The van der Waals surface area contributed by atoms with E-state index in [9.17, 15) is 9.59 Å². The Kier molecular flexibility index (Phi) is 4.93. The molecular formula is C12H22N2O3. The summed E-state index contributed by atoms with van der Waals surface area (Å²) in [6.07, 6.45) is 3.67. The molecule has 0 aromatic rings. The molecule has 3 N–H and O–H groups in total. The molecule has 98 valence electrons. The van der Waals surface area contributed by atoms with Gasteiger partial charge in [-0.1, -0.05) is 12.8 Å². The van der Waals surface area contributed by atoms with Crippen molar-refractivity contribution in [1.29, 1.82) is 0 Å². The lowest BCUT2D eigenvalue weighted by molar-refractivity contribution is -0.148. The summed E-state index contributed by atoms with van der Waals surface area (Å²) in [5, 5.41) is 2.70. The van der Waals surface area contributed by atoms with E-state index in [2.05, 4.69) is 5.32 Å². The molecule has 1 atom stereocenters. The van der Waals surface area contributed by atoms with Crippen LogP contribution in [-0.2, 0) is 14.3 Å². The summed E-state index contributed by atoms with van der Waals surface area (Å²) < 4.78 is 4.85. The van der Waals surface area contributed by atoms with Gasteiger partial charge in [-0.2, -0.15) is 0 Å². The molecule has 0 aliphatic heterocycles. The molecule has 0 radical (unpaired) electrons. The van der Waals surface area contributed by atoms with E-state index in [0.717, 1.165) is 25.7 Å². The van der Waals surface area contributed by atoms with Gasteiger partial charge in [0.15, 0.2) is 0 Å². The first-order chi connectivity index (χ1) is 8.05. The zero-order chi connectivity index (χ0) is 12.9. The van der Waals surface area contributed by atoms with Crippen LogP contribution in [0.3, 0.4) is 0 Å². The highest BCUT2D eigenvalue weighted by molar-refractivity contribution is 5.88. The second-order valence-electron chi connectivity index (χ2n) is 4.64. The Bertz CT molecular complexity index is 285. The van der Waals surface area contributed by atoms with Gasteiger partial charge in [0.2, 0.25) is 5.91 Å². The van der Waals surface area contributed by atoms with Crippen molar-refractivity contribution in [1.82, 2.24) is 5.32 Å². The molecule has 1 amide bonds. The zero-order valence-corrected chi connectivity index (χ0v) is 10.6. The van der Waals surface area contributed by atoms with E-state index in [1.807, 2.05) is 0 Å². The Morgan fingerprint density at radius 3 is 2.47 bits per heavy atom. The fourth-order valence-corrected chi connectivity index (χ4v) is 2.25. The number of esters is 1. The molecule has 0 aromatic heterocycles. The number of rotatable bonds is 5. The summed E-state index contributed by atoms with van der Waals surface area (Å²) in [6.45, 7) is 4.04. The summed E-state index contributed by atoms with van der Waals surface area (Å²) in [6, 6.07) is -0.605. The van der Waals surface area contributed by atoms with Crippen molar-refractivity contribution < 1.29 is 14.3 Å². The second-order valence-corrected chi connectivity index (χ2v) is 4.64. The number of nitrogens with two attached hydrogens (primary N) is 1. The summed E-state index contributed by atoms with van der Waals surface area (Å²) in [4.78, 5) is 23.5. The Hall–Kier alpha value is -1.10. The predicted molar refractivity (Wildman–Crippen MR) is 64.2 cm³/mol. The van der Waals surface area contributed by atoms with Crippen molar-refractivity contribution in [3.05, 3.63) is 0 Å². The molecule has 0 spiro atoms. The van der Waals surface area contributed by atoms with Gasteiger partial charge < -0.3 is 15.8 Å². The third-order valence-electron chi connectivity index (χ3n) is 3.42. The number of carbonyl (C=O) groups excluding carboxylic acids is 2. The quantitative estimate of drug-likeness (QED) is 0.691. The molecule has 0 aromatic carbocycles. The van der Waals surface area contributed by atoms with Crippen molar-refractivity contribution in [2.75, 3.05) is 13.2 Å². The Balaban J connectivity index is 2.55. The van der Waals surface area contributed by atoms with Crippen LogP contribution in [0.1, 0.15) is 39.5 Å². The topological polar surface area (TPSA) is 81.4 Å². The molecule has 5 nitrogen and oxygen atoms in total. The van der Waals surface area contributed by atoms with Gasteiger partial charge in [0.05, 0.1) is 12.0 Å². The van der Waals surface area contributed by atoms with Crippen LogP contribution in [0.5, 0.6) is 0 Å². The first kappa shape index (κ1) is 14.0. The Labute approximate surface area is 102 Å². The zero-order valence-electron chi connectivity index (χ0n) is 10.6. The largest absolute Gasteiger partial charge is 0.464 e. The average molecular weight is 242 g/mol. The highest BCUT2D eigenvalue weighted by atomic mass is 16.5. The minimum Gasteiger partial charge on any atom is -0.464 e. The predicted octanol–water partition coefficient (Wildman–Crippen LogP) is 0.573. The van der Waals surface area contributed by atoms with Gasteiger partial charge in [0, 0.05) is 6.54 Å². The van der Waals surface area contributed by atoms with Crippen LogP contribution >= 0.6 is 0 Å². The van der Waals surface area contributed by atoms with E-state index in [-0.39, 0.29) is 5.91 Å². The third-order valence-corrected chi connectivity index (χ3v) is 3.42. The maximum absolute atomic E-state index is 12.1. The standard InChI is InChI=1S/C12H22N2O3/c1-3-17-10(15)9(2)14-11(16)12(8-13)6-4-5-7-12/h9H,3-8,13H2,1-2H3,(H,14,16). The minimum absolute atomic E-state index is 0.113. The number of ether oxygens (including phenoxy) is 1. The van der Waals surface area contributed by atoms with E-state index >= 15 is 0 Å². The molecule has 1 fully saturated rings. The van der Waals surface area contributed by atoms with Crippen molar-refractivity contribution in [3.63, 3.8) is 0 Å². The lowest BCUT2D eigenvalue weighted by atomic mass is 9.85. The van der Waals surface area contributed by atoms with Crippen LogP contribution in [0, 0.1) is 5.41 Å². The molecule has 0 saturated heterocycles. The van der Waals surface area contributed by atoms with E-state index in [0.29, 0.717) is 13.2 Å². The molecule has 1 unspecified atom stereocenters. The first-order valence-electron chi connectivity index (χ1n) is 6.23. The second kappa shape index (κ2) is 6.00. The van der Waals surface area contributed by atoms with Crippen LogP contribution in [0.4, 0.5) is 0 Å². The number of amides is 1. The molecule has 1 aliphatic rings. The molecule has 0 bridgehead atoms. The summed E-state index contributed by atoms with van der Waals surface area (Å²) in [5.74, 6) is -0.510. The van der Waals surface area contributed by atoms with Gasteiger partial charge in [-0.25, -0.2) is 4.79 Å². The van der Waals surface area contributed by atoms with Crippen molar-refractivity contribution in [2.45, 2.75) is 45.6 Å². The van der Waals surface area contributed by atoms with Gasteiger partial charge in [-0.15, -0.1) is 0 Å². The van der Waals surface area contributed by atoms with Crippen LogP contribution < -0.4 is 11.1 Å². The Morgan fingerprint density at radius 2 is 2.00 bits per heavy atom. The summed E-state index contributed by atoms with van der Waals surface area (Å²) in [7, 11) is 0. The molecule has 1 saturated carbocycles. The maximum Gasteiger partial charge on any atom is 0.328 e. The number of hydrogen-bond acceptors (Lipinski definition) is 4. The lowest BCUT2D eigenvalue weighted by Gasteiger charge is -2.27. The highest BCUT2D eigenvalue weighted by Crippen LogP contribution is 2.37. The molecule has 17 heavy (non-hydrogen) atoms. The van der Waals surface area contributed by atoms with Gasteiger partial charge in [0.1, 0.15) is 6.04 Å². The van der Waals surface area contributed by atoms with E-state index < -0.39 is 17.4 Å². The molecule has 1 rings (SSSR count). The fourth-order valence-electron chi connectivity index (χ4n) is 2.25. The molecule has 1 aliphatic carbocycles. The van der Waals surface area contributed by atoms with E-state index in [1.54, 1.807) is 13.8 Å². The van der Waals surface area contributed by atoms with Crippen molar-refractivity contribution >= 4 is 11.9 Å². The van der Waals surface area contributed by atoms with Gasteiger partial charge in [0.25, 0.3) is 0 Å². The average Bonchev–Trinajstić information content (AvgIpc) is 2.79. The summed E-state index contributed by atoms with van der Waals surface area (Å²) in [5.41, 5.74) is 5.23. The maximum atomic E-state index is 12.1. The molecule has 0 heterocycles. The number of carbonyl (C=O) groups is 2. The fraction of sp³-hybridized carbons (Fsp3) is 0.833. The summed E-state index contributed by atoms with van der Waals surface area (Å²) >= 11 is 0. The Morgan fingerprint density at radius 1 is 1.41 bits per heavy atom. The third kappa shape index (κ3) is 3.19. The van der Waals surface area contributed by atoms with Crippen molar-refractivity contribution in [3.8, 4) is 0 Å². The lowest BCUT2D eigenvalue weighted by Crippen LogP contribution is -2.49. The minimum atomic E-state index is -0.605. The molecular weight excluding hydrogens is 220 g/mol. The van der Waals surface area contributed by atoms with Crippen molar-refractivity contribution in [2.24, 2.45) is 11.1 Å². The number of hydrogen-bond donors (Lipinski definition) is 2. The highest BCUT2D eigenvalue weighted by Gasteiger charge is 2.40. The SMILES string of the molecule is CCOC(=O)C(C)NC(=O)C1(CN)CCCC1. The van der Waals surface area contributed by atoms with Crippen LogP contribution in [0.2, 0.25) is 0 Å². The smallest absolute Gasteiger partial charge is 0.328 e. The first-order valence-corrected chi connectivity index (χ1v) is 6.23. The van der Waals surface area contributed by atoms with E-state index in [4.69, 9.17) is 10.5 Å². The van der Waals surface area contributed by atoms with Crippen LogP contribution in [-0.4, -0.2) is 31.1 Å². The normalized spacial score (nSPS) is 19.7. The number of nitrogens with one attached hydrogen (secondary N) is 1. The van der Waals surface area contributed by atoms with Gasteiger partial charge in [-0.05, 0) is 26.7 Å². The van der Waals surface area contributed by atoms with Gasteiger partial charge >= 0.3 is 5.97 Å². The van der Waals surface area contributed by atoms with E-state index in [1.165, 1.54) is 0 Å². The monoisotopic (exact) mass is 242 g/mol. The van der Waals surface area contributed by atoms with Gasteiger partial charge in [-0.3, -0.25) is 4.79 Å². The van der Waals surface area contributed by atoms with Crippen LogP contribution in [0.15, 0.2) is 0 Å². The van der Waals surface area contributed by atoms with Crippen LogP contribution in [0.25, 0.3) is 0 Å². The molecule has 5 heteroatoms.